The first-order valence-corrected chi connectivity index (χ1v) is 15.9. The molecule has 2 aromatic heterocycles. The van der Waals surface area contributed by atoms with E-state index in [0.717, 1.165) is 48.9 Å². The lowest BCUT2D eigenvalue weighted by Crippen LogP contribution is -2.56. The molecule has 4 aliphatic carbocycles. The number of anilines is 1. The normalized spacial score (nSPS) is 24.2. The van der Waals surface area contributed by atoms with E-state index in [1.54, 1.807) is 0 Å². The van der Waals surface area contributed by atoms with Gasteiger partial charge in [-0.2, -0.15) is 0 Å². The molecule has 11 nitrogen and oxygen atoms in total. The van der Waals surface area contributed by atoms with Crippen molar-refractivity contribution in [3.8, 4) is 0 Å². The Balaban J connectivity index is 1.25. The number of Topliss-reactive ketones (excluding diaryl/α,β-unsaturated/α-hetero) is 1. The van der Waals surface area contributed by atoms with Crippen LogP contribution in [0.15, 0.2) is 29.2 Å². The van der Waals surface area contributed by atoms with Crippen LogP contribution >= 0.6 is 34.5 Å². The second kappa shape index (κ2) is 13.2. The molecule has 0 unspecified atom stereocenters. The minimum atomic E-state index is -1.30. The highest BCUT2D eigenvalue weighted by Gasteiger charge is 2.48. The SMILES string of the molecule is CNC(=O)C(=O)CC[C@H](NC(=O)c1cc(Cl)sc1Cl)C(=O)Nc1cccn(CC(=O)NC2C3CC4CC(C3)CC2C4)c1=O. The summed E-state index contributed by atoms with van der Waals surface area (Å²) in [5.41, 5.74) is -0.669. The Morgan fingerprint density at radius 3 is 2.33 bits per heavy atom. The van der Waals surface area contributed by atoms with Gasteiger partial charge in [-0.3, -0.25) is 28.8 Å². The van der Waals surface area contributed by atoms with Gasteiger partial charge >= 0.3 is 0 Å². The van der Waals surface area contributed by atoms with Gasteiger partial charge in [-0.05, 0) is 80.4 Å². The highest BCUT2D eigenvalue weighted by atomic mass is 35.5. The van der Waals surface area contributed by atoms with Crippen molar-refractivity contribution < 1.29 is 24.0 Å². The van der Waals surface area contributed by atoms with E-state index in [0.29, 0.717) is 11.8 Å². The molecule has 0 aliphatic heterocycles. The summed E-state index contributed by atoms with van der Waals surface area (Å²) in [5.74, 6) is -0.851. The van der Waals surface area contributed by atoms with Crippen LogP contribution in [0.5, 0.6) is 0 Å². The zero-order valence-corrected chi connectivity index (χ0v) is 25.8. The van der Waals surface area contributed by atoms with Crippen LogP contribution in [-0.4, -0.2) is 53.1 Å². The molecule has 43 heavy (non-hydrogen) atoms. The average Bonchev–Trinajstić information content (AvgIpc) is 3.31. The summed E-state index contributed by atoms with van der Waals surface area (Å²) in [6, 6.07) is 3.09. The summed E-state index contributed by atoms with van der Waals surface area (Å²) >= 11 is 13.0. The van der Waals surface area contributed by atoms with Crippen molar-refractivity contribution in [3.63, 3.8) is 0 Å². The van der Waals surface area contributed by atoms with Crippen molar-refractivity contribution >= 4 is 69.6 Å². The number of ketones is 1. The van der Waals surface area contributed by atoms with Gasteiger partial charge < -0.3 is 25.8 Å². The third kappa shape index (κ3) is 7.13. The van der Waals surface area contributed by atoms with Gasteiger partial charge in [0.05, 0.1) is 9.90 Å². The Labute approximate surface area is 262 Å². The number of rotatable bonds is 11. The third-order valence-corrected chi connectivity index (χ3v) is 10.3. The van der Waals surface area contributed by atoms with Gasteiger partial charge in [-0.1, -0.05) is 23.2 Å². The molecule has 4 fully saturated rings. The van der Waals surface area contributed by atoms with Gasteiger partial charge in [-0.15, -0.1) is 11.3 Å². The fourth-order valence-electron chi connectivity index (χ4n) is 7.05. The Kier molecular flexibility index (Phi) is 9.57. The fraction of sp³-hybridized carbons (Fsp3) is 0.517. The van der Waals surface area contributed by atoms with E-state index >= 15 is 0 Å². The summed E-state index contributed by atoms with van der Waals surface area (Å²) in [4.78, 5) is 76.2. The number of aromatic nitrogens is 1. The molecule has 0 spiro atoms. The number of amides is 4. The zero-order chi connectivity index (χ0) is 30.8. The van der Waals surface area contributed by atoms with Crippen molar-refractivity contribution in [2.45, 2.75) is 63.6 Å². The number of nitrogens with zero attached hydrogens (tertiary/aromatic N) is 1. The van der Waals surface area contributed by atoms with Crippen LogP contribution in [0.25, 0.3) is 0 Å². The van der Waals surface area contributed by atoms with Crippen LogP contribution in [0.2, 0.25) is 8.67 Å². The molecule has 6 rings (SSSR count). The van der Waals surface area contributed by atoms with Crippen LogP contribution < -0.4 is 26.8 Å². The number of hydrogen-bond donors (Lipinski definition) is 4. The van der Waals surface area contributed by atoms with Crippen LogP contribution in [0, 0.1) is 23.7 Å². The Hall–Kier alpha value is -3.22. The predicted octanol–water partition coefficient (Wildman–Crippen LogP) is 2.99. The van der Waals surface area contributed by atoms with Crippen molar-refractivity contribution in [1.29, 1.82) is 0 Å². The molecular weight excluding hydrogens is 617 g/mol. The summed E-state index contributed by atoms with van der Waals surface area (Å²) < 4.78 is 1.60. The van der Waals surface area contributed by atoms with Gasteiger partial charge in [0.2, 0.25) is 17.6 Å². The lowest BCUT2D eigenvalue weighted by atomic mass is 9.54. The molecule has 0 saturated heterocycles. The number of hydrogen-bond acceptors (Lipinski definition) is 7. The largest absolute Gasteiger partial charge is 0.353 e. The number of likely N-dealkylation sites (N-methyl/N-ethyl adjacent to an activating group) is 1. The fourth-order valence-corrected chi connectivity index (χ4v) is 8.51. The molecule has 4 saturated carbocycles. The monoisotopic (exact) mass is 649 g/mol. The maximum atomic E-state index is 13.3. The van der Waals surface area contributed by atoms with E-state index in [-0.39, 0.29) is 51.3 Å². The number of pyridine rings is 1. The Bertz CT molecular complexity index is 1480. The second-order valence-corrected chi connectivity index (χ2v) is 14.0. The number of carbonyl (C=O) groups is 5. The molecule has 0 radical (unpaired) electrons. The molecule has 0 aromatic carbocycles. The third-order valence-electron chi connectivity index (χ3n) is 8.81. The molecule has 14 heteroatoms. The van der Waals surface area contributed by atoms with Crippen LogP contribution in [0.4, 0.5) is 5.69 Å². The van der Waals surface area contributed by atoms with Crippen molar-refractivity contribution in [2.75, 3.05) is 12.4 Å². The molecule has 2 aromatic rings. The lowest BCUT2D eigenvalue weighted by Gasteiger charge is -2.54. The van der Waals surface area contributed by atoms with Gasteiger partial charge in [0, 0.05) is 25.7 Å². The molecule has 4 aliphatic rings. The van der Waals surface area contributed by atoms with Gasteiger partial charge in [-0.25, -0.2) is 0 Å². The molecule has 4 N–H and O–H groups in total. The van der Waals surface area contributed by atoms with E-state index in [1.165, 1.54) is 42.4 Å². The molecule has 4 bridgehead atoms. The maximum Gasteiger partial charge on any atom is 0.287 e. The quantitative estimate of drug-likeness (QED) is 0.274. The lowest BCUT2D eigenvalue weighted by molar-refractivity contribution is -0.137. The van der Waals surface area contributed by atoms with Crippen molar-refractivity contribution in [3.05, 3.63) is 49.0 Å². The smallest absolute Gasteiger partial charge is 0.287 e. The minimum Gasteiger partial charge on any atom is -0.353 e. The first kappa shape index (κ1) is 31.2. The molecule has 2 heterocycles. The summed E-state index contributed by atoms with van der Waals surface area (Å²) in [7, 11) is 1.30. The second-order valence-electron chi connectivity index (χ2n) is 11.7. The first-order valence-electron chi connectivity index (χ1n) is 14.3. The summed E-state index contributed by atoms with van der Waals surface area (Å²) in [5, 5.41) is 10.4. The van der Waals surface area contributed by atoms with Gasteiger partial charge in [0.1, 0.15) is 22.6 Å². The van der Waals surface area contributed by atoms with E-state index in [1.807, 2.05) is 0 Å². The van der Waals surface area contributed by atoms with E-state index < -0.39 is 35.1 Å². The van der Waals surface area contributed by atoms with Gasteiger partial charge in [0.25, 0.3) is 17.4 Å². The number of halogens is 2. The molecule has 1 atom stereocenters. The van der Waals surface area contributed by atoms with E-state index in [2.05, 4.69) is 21.3 Å². The Morgan fingerprint density at radius 2 is 1.72 bits per heavy atom. The van der Waals surface area contributed by atoms with Crippen LogP contribution in [0.1, 0.15) is 55.3 Å². The van der Waals surface area contributed by atoms with Crippen molar-refractivity contribution in [1.82, 2.24) is 20.5 Å². The van der Waals surface area contributed by atoms with Gasteiger partial charge in [0.15, 0.2) is 0 Å². The number of carbonyl (C=O) groups excluding carboxylic acids is 5. The topological polar surface area (TPSA) is 155 Å². The zero-order valence-electron chi connectivity index (χ0n) is 23.5. The minimum absolute atomic E-state index is 0.0410. The van der Waals surface area contributed by atoms with Crippen LogP contribution in [0.3, 0.4) is 0 Å². The van der Waals surface area contributed by atoms with E-state index in [9.17, 15) is 28.8 Å². The summed E-state index contributed by atoms with van der Waals surface area (Å²) in [6.07, 6.45) is 6.81. The van der Waals surface area contributed by atoms with Crippen LogP contribution in [-0.2, 0) is 25.7 Å². The average molecular weight is 651 g/mol. The van der Waals surface area contributed by atoms with E-state index in [4.69, 9.17) is 23.2 Å². The first-order chi connectivity index (χ1) is 20.5. The summed E-state index contributed by atoms with van der Waals surface area (Å²) in [6.45, 7) is -0.205. The number of nitrogens with one attached hydrogen (secondary N) is 4. The highest BCUT2D eigenvalue weighted by molar-refractivity contribution is 7.20. The highest BCUT2D eigenvalue weighted by Crippen LogP contribution is 2.53. The maximum absolute atomic E-state index is 13.3. The number of thiophene rings is 1. The molecule has 4 amide bonds. The van der Waals surface area contributed by atoms with Crippen molar-refractivity contribution in [2.24, 2.45) is 23.7 Å². The molecular formula is C29H33Cl2N5O6S. The molecule has 230 valence electrons. The standard InChI is InChI=1S/C29H33Cl2N5O6S/c1-32-28(41)21(37)5-4-19(33-26(39)18-12-22(30)43-25(18)31)27(40)34-20-3-2-6-36(29(20)42)13-23(38)35-24-16-8-14-7-15(10-16)11-17(24)9-14/h2-3,6,12,14-17,19,24H,4-5,7-11,13H2,1H3,(H,32,41)(H,33,39)(H,34,40)(H,35,38)/t14?,15?,16?,17?,19-,24?/m0/s1. The Morgan fingerprint density at radius 1 is 1.05 bits per heavy atom. The predicted molar refractivity (Wildman–Crippen MR) is 162 cm³/mol.